The van der Waals surface area contributed by atoms with Gasteiger partial charge in [-0.2, -0.15) is 0 Å². The Morgan fingerprint density at radius 1 is 0.536 bits per heavy atom. The second-order valence-electron chi connectivity index (χ2n) is 6.59. The summed E-state index contributed by atoms with van der Waals surface area (Å²) in [6, 6.07) is 39.7. The van der Waals surface area contributed by atoms with Crippen molar-refractivity contribution in [3.63, 3.8) is 0 Å². The van der Waals surface area contributed by atoms with E-state index in [4.69, 9.17) is 0 Å². The van der Waals surface area contributed by atoms with E-state index in [1.165, 1.54) is 0 Å². The molecule has 0 fully saturated rings. The zero-order valence-electron chi connectivity index (χ0n) is 15.5. The largest absolute Gasteiger partial charge is 0.309 e. The summed E-state index contributed by atoms with van der Waals surface area (Å²) in [4.78, 5) is 0. The zero-order chi connectivity index (χ0) is 19.2. The maximum atomic E-state index is 14.9. The first-order chi connectivity index (χ1) is 13.8. The van der Waals surface area contributed by atoms with Crippen LogP contribution in [-0.4, -0.2) is 0 Å². The van der Waals surface area contributed by atoms with Crippen LogP contribution in [0.2, 0.25) is 0 Å². The van der Waals surface area contributed by atoms with E-state index < -0.39 is 7.14 Å². The lowest BCUT2D eigenvalue weighted by atomic mass is 10.1. The molecule has 0 amide bonds. The molecule has 0 aromatic heterocycles. The Morgan fingerprint density at radius 2 is 0.929 bits per heavy atom. The molecule has 4 aromatic rings. The van der Waals surface area contributed by atoms with Crippen LogP contribution in [0.3, 0.4) is 0 Å². The van der Waals surface area contributed by atoms with E-state index in [1.54, 1.807) is 0 Å². The average Bonchev–Trinajstić information content (AvgIpc) is 2.79. The van der Waals surface area contributed by atoms with Gasteiger partial charge >= 0.3 is 0 Å². The lowest BCUT2D eigenvalue weighted by Gasteiger charge is -2.23. The molecular formula is C26H21OP. The fourth-order valence-electron chi connectivity index (χ4n) is 3.38. The van der Waals surface area contributed by atoms with Crippen LogP contribution in [-0.2, 0) is 4.57 Å². The molecule has 0 atom stereocenters. The molecule has 0 aliphatic carbocycles. The molecule has 0 aliphatic heterocycles. The third-order valence-electron chi connectivity index (χ3n) is 4.75. The van der Waals surface area contributed by atoms with E-state index in [9.17, 15) is 4.57 Å². The second kappa shape index (κ2) is 8.25. The van der Waals surface area contributed by atoms with Crippen molar-refractivity contribution in [1.82, 2.24) is 0 Å². The lowest BCUT2D eigenvalue weighted by Crippen LogP contribution is -2.17. The van der Waals surface area contributed by atoms with Crippen molar-refractivity contribution in [3.05, 3.63) is 132 Å². The Morgan fingerprint density at radius 3 is 1.39 bits per heavy atom. The Bertz CT molecular complexity index is 1060. The van der Waals surface area contributed by atoms with Gasteiger partial charge < -0.3 is 4.57 Å². The molecule has 0 N–H and O–H groups in total. The van der Waals surface area contributed by atoms with Gasteiger partial charge in [-0.15, -0.1) is 0 Å². The number of hydrogen-bond donors (Lipinski definition) is 0. The van der Waals surface area contributed by atoms with Gasteiger partial charge in [0, 0.05) is 15.9 Å². The molecule has 1 nitrogen and oxygen atoms in total. The van der Waals surface area contributed by atoms with Crippen LogP contribution < -0.4 is 10.6 Å². The Labute approximate surface area is 166 Å². The van der Waals surface area contributed by atoms with Crippen LogP contribution in [0.1, 0.15) is 11.1 Å². The molecule has 0 radical (unpaired) electrons. The van der Waals surface area contributed by atoms with E-state index in [0.29, 0.717) is 0 Å². The van der Waals surface area contributed by atoms with E-state index in [1.807, 2.05) is 121 Å². The lowest BCUT2D eigenvalue weighted by molar-refractivity contribution is 0.593. The Balaban J connectivity index is 2.03. The highest BCUT2D eigenvalue weighted by Gasteiger charge is 2.32. The maximum absolute atomic E-state index is 14.9. The molecule has 0 saturated heterocycles. The summed E-state index contributed by atoms with van der Waals surface area (Å²) < 4.78 is 14.9. The zero-order valence-corrected chi connectivity index (χ0v) is 16.4. The first-order valence-electron chi connectivity index (χ1n) is 9.32. The van der Waals surface area contributed by atoms with Crippen LogP contribution in [0.25, 0.3) is 11.4 Å². The van der Waals surface area contributed by atoms with Gasteiger partial charge in [-0.3, -0.25) is 0 Å². The molecule has 0 heterocycles. The van der Waals surface area contributed by atoms with Gasteiger partial charge in [0.05, 0.1) is 0 Å². The highest BCUT2D eigenvalue weighted by atomic mass is 31.2. The highest BCUT2D eigenvalue weighted by Crippen LogP contribution is 2.57. The summed E-state index contributed by atoms with van der Waals surface area (Å²) >= 11 is 0. The minimum atomic E-state index is -3.06. The van der Waals surface area contributed by atoms with E-state index in [2.05, 4.69) is 6.08 Å². The minimum Gasteiger partial charge on any atom is -0.309 e. The van der Waals surface area contributed by atoms with Crippen LogP contribution in [0.15, 0.2) is 121 Å². The third-order valence-corrected chi connectivity index (χ3v) is 7.87. The maximum Gasteiger partial charge on any atom is 0.171 e. The first-order valence-corrected chi connectivity index (χ1v) is 11.0. The van der Waals surface area contributed by atoms with Crippen LogP contribution >= 0.6 is 7.14 Å². The van der Waals surface area contributed by atoms with Gasteiger partial charge in [0.25, 0.3) is 0 Å². The summed E-state index contributed by atoms with van der Waals surface area (Å²) in [5.41, 5.74) is 2.01. The SMILES string of the molecule is O=P(C(=Cc1ccccc1)c1ccccc1)(c1ccccc1)c1ccccc1. The van der Waals surface area contributed by atoms with Gasteiger partial charge in [-0.1, -0.05) is 121 Å². The predicted octanol–water partition coefficient (Wildman–Crippen LogP) is 6.20. The number of rotatable bonds is 5. The van der Waals surface area contributed by atoms with Crippen molar-refractivity contribution in [3.8, 4) is 0 Å². The van der Waals surface area contributed by atoms with Gasteiger partial charge in [0.1, 0.15) is 0 Å². The average molecular weight is 380 g/mol. The first kappa shape index (κ1) is 18.2. The minimum absolute atomic E-state index is 0.840. The van der Waals surface area contributed by atoms with Crippen molar-refractivity contribution in [2.24, 2.45) is 0 Å². The molecule has 0 bridgehead atoms. The molecule has 28 heavy (non-hydrogen) atoms. The van der Waals surface area contributed by atoms with E-state index in [-0.39, 0.29) is 0 Å². The fraction of sp³-hybridized carbons (Fsp3) is 0. The smallest absolute Gasteiger partial charge is 0.171 e. The molecule has 0 unspecified atom stereocenters. The normalized spacial score (nSPS) is 11.9. The van der Waals surface area contributed by atoms with Crippen LogP contribution in [0.5, 0.6) is 0 Å². The number of hydrogen-bond acceptors (Lipinski definition) is 1. The van der Waals surface area contributed by atoms with Gasteiger partial charge in [-0.05, 0) is 17.2 Å². The molecule has 2 heteroatoms. The molecule has 4 aromatic carbocycles. The van der Waals surface area contributed by atoms with Gasteiger partial charge in [-0.25, -0.2) is 0 Å². The van der Waals surface area contributed by atoms with Gasteiger partial charge in [0.2, 0.25) is 0 Å². The Hall–Kier alpha value is -3.15. The summed E-state index contributed by atoms with van der Waals surface area (Å²) in [6.45, 7) is 0. The van der Waals surface area contributed by atoms with E-state index in [0.717, 1.165) is 27.1 Å². The topological polar surface area (TPSA) is 17.1 Å². The molecule has 136 valence electrons. The highest BCUT2D eigenvalue weighted by molar-refractivity contribution is 7.87. The number of benzene rings is 4. The monoisotopic (exact) mass is 380 g/mol. The Kier molecular flexibility index (Phi) is 5.37. The molecule has 4 rings (SSSR count). The fourth-order valence-corrected chi connectivity index (χ4v) is 6.26. The van der Waals surface area contributed by atoms with Crippen molar-refractivity contribution in [2.45, 2.75) is 0 Å². The van der Waals surface area contributed by atoms with Crippen molar-refractivity contribution >= 4 is 29.1 Å². The summed E-state index contributed by atoms with van der Waals surface area (Å²) in [5, 5.41) is 2.52. The summed E-state index contributed by atoms with van der Waals surface area (Å²) in [5.74, 6) is 0. The molecule has 0 saturated carbocycles. The standard InChI is InChI=1S/C26H21OP/c27-28(24-17-9-3-10-18-24,25-19-11-4-12-20-25)26(23-15-7-2-8-16-23)21-22-13-5-1-6-14-22/h1-21H. The summed E-state index contributed by atoms with van der Waals surface area (Å²) in [7, 11) is -3.06. The molecular weight excluding hydrogens is 359 g/mol. The van der Waals surface area contributed by atoms with Crippen molar-refractivity contribution in [2.75, 3.05) is 0 Å². The van der Waals surface area contributed by atoms with Crippen LogP contribution in [0.4, 0.5) is 0 Å². The van der Waals surface area contributed by atoms with Crippen molar-refractivity contribution in [1.29, 1.82) is 0 Å². The second-order valence-corrected chi connectivity index (χ2v) is 9.32. The molecule has 0 aliphatic rings. The predicted molar refractivity (Wildman–Crippen MR) is 121 cm³/mol. The van der Waals surface area contributed by atoms with E-state index >= 15 is 0 Å². The third kappa shape index (κ3) is 3.63. The quantitative estimate of drug-likeness (QED) is 0.298. The summed E-state index contributed by atoms with van der Waals surface area (Å²) in [6.07, 6.45) is 2.07. The molecule has 0 spiro atoms. The van der Waals surface area contributed by atoms with Gasteiger partial charge in [0.15, 0.2) is 7.14 Å². The van der Waals surface area contributed by atoms with Crippen LogP contribution in [0, 0.1) is 0 Å². The van der Waals surface area contributed by atoms with Crippen molar-refractivity contribution < 1.29 is 4.57 Å².